The third-order valence-corrected chi connectivity index (χ3v) is 3.30. The van der Waals surface area contributed by atoms with E-state index in [1.54, 1.807) is 12.1 Å². The summed E-state index contributed by atoms with van der Waals surface area (Å²) < 4.78 is 0. The fourth-order valence-electron chi connectivity index (χ4n) is 1.29. The van der Waals surface area contributed by atoms with Crippen molar-refractivity contribution in [3.8, 4) is 0 Å². The van der Waals surface area contributed by atoms with E-state index in [1.165, 1.54) is 11.8 Å². The number of aryl methyl sites for hydroxylation is 1. The summed E-state index contributed by atoms with van der Waals surface area (Å²) in [7, 11) is 3.91. The zero-order chi connectivity index (χ0) is 13.5. The maximum atomic E-state index is 12.0. The summed E-state index contributed by atoms with van der Waals surface area (Å²) in [5.74, 6) is 0.477. The lowest BCUT2D eigenvalue weighted by molar-refractivity contribution is 0.106. The maximum Gasteiger partial charge on any atom is 0.221 e. The van der Waals surface area contributed by atoms with Gasteiger partial charge in [0.2, 0.25) is 5.78 Å². The number of hydrogen-bond donors (Lipinski definition) is 1. The summed E-state index contributed by atoms with van der Waals surface area (Å²) in [6, 6.07) is 7.23. The van der Waals surface area contributed by atoms with Crippen LogP contribution in [0.4, 0.5) is 0 Å². The average molecular weight is 266 g/mol. The highest BCUT2D eigenvalue weighted by atomic mass is 32.2. The van der Waals surface area contributed by atoms with Crippen molar-refractivity contribution in [3.05, 3.63) is 35.4 Å². The SMILES string of the molecule is Cc1ccc(C(=O)/C(=N/O)SCCN(C)C)cc1. The number of oxime groups is 1. The van der Waals surface area contributed by atoms with Crippen molar-refractivity contribution in [2.75, 3.05) is 26.4 Å². The average Bonchev–Trinajstić information content (AvgIpc) is 2.34. The molecular formula is C13H18N2O2S. The van der Waals surface area contributed by atoms with Gasteiger partial charge >= 0.3 is 0 Å². The van der Waals surface area contributed by atoms with Gasteiger partial charge in [-0.15, -0.1) is 0 Å². The largest absolute Gasteiger partial charge is 0.410 e. The molecule has 0 atom stereocenters. The molecule has 0 unspecified atom stereocenters. The first kappa shape index (κ1) is 14.7. The van der Waals surface area contributed by atoms with E-state index in [4.69, 9.17) is 5.21 Å². The standard InChI is InChI=1S/C13H18N2O2S/c1-10-4-6-11(7-5-10)12(16)13(14-17)18-9-8-15(2)3/h4-7,17H,8-9H2,1-3H3/b14-13-. The number of Topliss-reactive ketones (excluding diaryl/α,β-unsaturated/α-hetero) is 1. The topological polar surface area (TPSA) is 52.9 Å². The molecule has 0 spiro atoms. The van der Waals surface area contributed by atoms with Crippen LogP contribution in [0.15, 0.2) is 29.4 Å². The van der Waals surface area contributed by atoms with E-state index in [1.807, 2.05) is 38.1 Å². The molecule has 0 fully saturated rings. The molecule has 0 bridgehead atoms. The Morgan fingerprint density at radius 3 is 2.44 bits per heavy atom. The summed E-state index contributed by atoms with van der Waals surface area (Å²) in [6.45, 7) is 2.78. The van der Waals surface area contributed by atoms with Crippen molar-refractivity contribution in [3.63, 3.8) is 0 Å². The molecule has 1 aromatic carbocycles. The Hall–Kier alpha value is -1.33. The highest BCUT2D eigenvalue weighted by Gasteiger charge is 2.15. The molecule has 0 saturated carbocycles. The first-order chi connectivity index (χ1) is 8.54. The Morgan fingerprint density at radius 1 is 1.33 bits per heavy atom. The van der Waals surface area contributed by atoms with Crippen molar-refractivity contribution in [2.24, 2.45) is 5.16 Å². The molecule has 1 aromatic rings. The molecule has 0 heterocycles. The van der Waals surface area contributed by atoms with Crippen LogP contribution >= 0.6 is 11.8 Å². The molecule has 98 valence electrons. The zero-order valence-electron chi connectivity index (χ0n) is 10.9. The normalized spacial score (nSPS) is 11.9. The van der Waals surface area contributed by atoms with Gasteiger partial charge in [-0.1, -0.05) is 46.7 Å². The fraction of sp³-hybridized carbons (Fsp3) is 0.385. The number of hydrogen-bond acceptors (Lipinski definition) is 5. The Bertz CT molecular complexity index is 427. The zero-order valence-corrected chi connectivity index (χ0v) is 11.7. The van der Waals surface area contributed by atoms with Gasteiger partial charge in [0.1, 0.15) is 0 Å². The van der Waals surface area contributed by atoms with E-state index < -0.39 is 0 Å². The Kier molecular flexibility index (Phi) is 5.88. The molecule has 0 aliphatic heterocycles. The van der Waals surface area contributed by atoms with Crippen LogP contribution in [0.2, 0.25) is 0 Å². The maximum absolute atomic E-state index is 12.0. The van der Waals surface area contributed by atoms with E-state index in [0.29, 0.717) is 11.3 Å². The minimum atomic E-state index is -0.235. The van der Waals surface area contributed by atoms with Gasteiger partial charge in [-0.25, -0.2) is 0 Å². The summed E-state index contributed by atoms with van der Waals surface area (Å²) in [6.07, 6.45) is 0. The van der Waals surface area contributed by atoms with E-state index >= 15 is 0 Å². The molecule has 0 amide bonds. The Morgan fingerprint density at radius 2 is 1.94 bits per heavy atom. The van der Waals surface area contributed by atoms with E-state index in [9.17, 15) is 4.79 Å². The first-order valence-corrected chi connectivity index (χ1v) is 6.64. The first-order valence-electron chi connectivity index (χ1n) is 5.65. The predicted molar refractivity (Wildman–Crippen MR) is 75.7 cm³/mol. The van der Waals surface area contributed by atoms with Gasteiger partial charge in [0.25, 0.3) is 0 Å². The van der Waals surface area contributed by atoms with Crippen molar-refractivity contribution in [2.45, 2.75) is 6.92 Å². The molecular weight excluding hydrogens is 248 g/mol. The van der Waals surface area contributed by atoms with Crippen LogP contribution in [0.5, 0.6) is 0 Å². The van der Waals surface area contributed by atoms with Crippen LogP contribution in [0.25, 0.3) is 0 Å². The second-order valence-electron chi connectivity index (χ2n) is 4.25. The number of carbonyl (C=O) groups excluding carboxylic acids is 1. The Labute approximate surface area is 112 Å². The number of carbonyl (C=O) groups is 1. The highest BCUT2D eigenvalue weighted by molar-refractivity contribution is 8.15. The fourth-order valence-corrected chi connectivity index (χ4v) is 2.25. The molecule has 4 nitrogen and oxygen atoms in total. The van der Waals surface area contributed by atoms with Crippen LogP contribution in [0.1, 0.15) is 15.9 Å². The van der Waals surface area contributed by atoms with Gasteiger partial charge in [0.15, 0.2) is 5.04 Å². The minimum absolute atomic E-state index is 0.140. The monoisotopic (exact) mass is 266 g/mol. The lowest BCUT2D eigenvalue weighted by atomic mass is 10.1. The summed E-state index contributed by atoms with van der Waals surface area (Å²) >= 11 is 1.27. The summed E-state index contributed by atoms with van der Waals surface area (Å²) in [4.78, 5) is 14.0. The number of thioether (sulfide) groups is 1. The number of rotatable bonds is 5. The summed E-state index contributed by atoms with van der Waals surface area (Å²) in [5, 5.41) is 12.1. The van der Waals surface area contributed by atoms with E-state index in [-0.39, 0.29) is 10.8 Å². The third-order valence-electron chi connectivity index (χ3n) is 2.38. The van der Waals surface area contributed by atoms with E-state index in [0.717, 1.165) is 12.1 Å². The van der Waals surface area contributed by atoms with E-state index in [2.05, 4.69) is 5.16 Å². The van der Waals surface area contributed by atoms with Crippen LogP contribution in [0.3, 0.4) is 0 Å². The van der Waals surface area contributed by atoms with Crippen LogP contribution in [0, 0.1) is 6.92 Å². The van der Waals surface area contributed by atoms with Crippen molar-refractivity contribution >= 4 is 22.6 Å². The molecule has 18 heavy (non-hydrogen) atoms. The summed E-state index contributed by atoms with van der Waals surface area (Å²) in [5.41, 5.74) is 1.64. The van der Waals surface area contributed by atoms with Crippen molar-refractivity contribution in [1.29, 1.82) is 0 Å². The van der Waals surface area contributed by atoms with Gasteiger partial charge in [-0.05, 0) is 21.0 Å². The van der Waals surface area contributed by atoms with Gasteiger partial charge in [0.05, 0.1) is 0 Å². The van der Waals surface area contributed by atoms with Crippen molar-refractivity contribution in [1.82, 2.24) is 4.90 Å². The number of ketones is 1. The smallest absolute Gasteiger partial charge is 0.221 e. The van der Waals surface area contributed by atoms with Crippen LogP contribution in [-0.4, -0.2) is 47.3 Å². The molecule has 0 aliphatic carbocycles. The minimum Gasteiger partial charge on any atom is -0.410 e. The van der Waals surface area contributed by atoms with Gasteiger partial charge < -0.3 is 10.1 Å². The molecule has 0 radical (unpaired) electrons. The second kappa shape index (κ2) is 7.18. The molecule has 0 aromatic heterocycles. The van der Waals surface area contributed by atoms with Gasteiger partial charge in [0, 0.05) is 17.9 Å². The van der Waals surface area contributed by atoms with Gasteiger partial charge in [-0.2, -0.15) is 0 Å². The molecule has 0 saturated heterocycles. The lowest BCUT2D eigenvalue weighted by Gasteiger charge is -2.09. The highest BCUT2D eigenvalue weighted by Crippen LogP contribution is 2.12. The number of benzene rings is 1. The second-order valence-corrected chi connectivity index (χ2v) is 5.34. The van der Waals surface area contributed by atoms with Crippen LogP contribution in [-0.2, 0) is 0 Å². The van der Waals surface area contributed by atoms with Crippen LogP contribution < -0.4 is 0 Å². The molecule has 5 heteroatoms. The molecule has 1 rings (SSSR count). The lowest BCUT2D eigenvalue weighted by Crippen LogP contribution is -2.18. The number of nitrogens with zero attached hydrogens (tertiary/aromatic N) is 2. The third kappa shape index (κ3) is 4.50. The van der Waals surface area contributed by atoms with Gasteiger partial charge in [-0.3, -0.25) is 4.79 Å². The quantitative estimate of drug-likeness (QED) is 0.292. The Balaban J connectivity index is 2.65. The molecule has 1 N–H and O–H groups in total. The predicted octanol–water partition coefficient (Wildman–Crippen LogP) is 2.26. The van der Waals surface area contributed by atoms with Crippen molar-refractivity contribution < 1.29 is 10.0 Å². The molecule has 0 aliphatic rings.